The van der Waals surface area contributed by atoms with Crippen LogP contribution in [0, 0.1) is 12.8 Å². The first-order valence-electron chi connectivity index (χ1n) is 9.74. The number of pyridine rings is 1. The summed E-state index contributed by atoms with van der Waals surface area (Å²) in [5.41, 5.74) is 2.15. The number of aliphatic hydroxyl groups excluding tert-OH is 1. The van der Waals surface area contributed by atoms with Gasteiger partial charge in [-0.2, -0.15) is 0 Å². The van der Waals surface area contributed by atoms with Crippen molar-refractivity contribution in [3.8, 4) is 5.82 Å². The van der Waals surface area contributed by atoms with E-state index in [1.807, 2.05) is 13.8 Å². The van der Waals surface area contributed by atoms with Crippen molar-refractivity contribution in [3.63, 3.8) is 0 Å². The van der Waals surface area contributed by atoms with Crippen molar-refractivity contribution < 1.29 is 18.7 Å². The maximum Gasteiger partial charge on any atom is 0.260 e. The van der Waals surface area contributed by atoms with E-state index in [0.717, 1.165) is 5.56 Å². The molecule has 0 radical (unpaired) electrons. The van der Waals surface area contributed by atoms with Gasteiger partial charge in [0.1, 0.15) is 23.9 Å². The maximum atomic E-state index is 13.1. The van der Waals surface area contributed by atoms with E-state index in [1.54, 1.807) is 29.2 Å². The molecule has 11 heteroatoms. The van der Waals surface area contributed by atoms with E-state index in [9.17, 15) is 18.7 Å². The molecule has 3 aromatic rings. The topological polar surface area (TPSA) is 118 Å². The maximum absolute atomic E-state index is 13.1. The molecule has 1 fully saturated rings. The highest BCUT2D eigenvalue weighted by Gasteiger charge is 2.61. The molecule has 1 aliphatic rings. The SMILES string of the molecule is CC[C@H](O)c1cc(C)c(Nc2nccn2-c2cc(NC(=O)[C@H]3CC3(F)F)ncn2)cn1. The number of imidazole rings is 1. The van der Waals surface area contributed by atoms with E-state index < -0.39 is 30.3 Å². The van der Waals surface area contributed by atoms with Gasteiger partial charge in [0.05, 0.1) is 23.7 Å². The minimum atomic E-state index is -2.95. The number of halogens is 2. The Hall–Kier alpha value is -3.47. The molecule has 0 bridgehead atoms. The van der Waals surface area contributed by atoms with Crippen LogP contribution in [-0.2, 0) is 4.79 Å². The molecule has 1 saturated carbocycles. The molecule has 3 heterocycles. The van der Waals surface area contributed by atoms with Gasteiger partial charge in [-0.3, -0.25) is 14.3 Å². The number of amides is 1. The lowest BCUT2D eigenvalue weighted by molar-refractivity contribution is -0.119. The fourth-order valence-electron chi connectivity index (χ4n) is 3.06. The van der Waals surface area contributed by atoms with E-state index in [1.165, 1.54) is 12.4 Å². The fraction of sp³-hybridized carbons (Fsp3) is 0.350. The van der Waals surface area contributed by atoms with Gasteiger partial charge in [-0.05, 0) is 25.0 Å². The number of hydrogen-bond donors (Lipinski definition) is 3. The molecular formula is C20H21F2N7O2. The molecular weight excluding hydrogens is 408 g/mol. The number of hydrogen-bond acceptors (Lipinski definition) is 7. The van der Waals surface area contributed by atoms with Crippen molar-refractivity contribution in [1.29, 1.82) is 0 Å². The zero-order chi connectivity index (χ0) is 22.2. The molecule has 31 heavy (non-hydrogen) atoms. The van der Waals surface area contributed by atoms with E-state index in [0.29, 0.717) is 29.6 Å². The molecule has 1 aliphatic carbocycles. The van der Waals surface area contributed by atoms with Crippen molar-refractivity contribution in [1.82, 2.24) is 24.5 Å². The highest BCUT2D eigenvalue weighted by atomic mass is 19.3. The Labute approximate surface area is 176 Å². The van der Waals surface area contributed by atoms with Crippen LogP contribution in [0.4, 0.5) is 26.2 Å². The van der Waals surface area contributed by atoms with Crippen molar-refractivity contribution in [2.75, 3.05) is 10.6 Å². The summed E-state index contributed by atoms with van der Waals surface area (Å²) in [6.07, 6.45) is 5.55. The number of alkyl halides is 2. The summed E-state index contributed by atoms with van der Waals surface area (Å²) in [5, 5.41) is 15.5. The van der Waals surface area contributed by atoms with E-state index in [-0.39, 0.29) is 5.82 Å². The molecule has 3 aromatic heterocycles. The summed E-state index contributed by atoms with van der Waals surface area (Å²) in [5.74, 6) is -4.10. The Morgan fingerprint density at radius 1 is 1.32 bits per heavy atom. The van der Waals surface area contributed by atoms with Gasteiger partial charge in [-0.25, -0.2) is 23.7 Å². The van der Waals surface area contributed by atoms with Crippen molar-refractivity contribution >= 4 is 23.4 Å². The lowest BCUT2D eigenvalue weighted by Gasteiger charge is -2.14. The number of carbonyl (C=O) groups is 1. The molecule has 1 amide bonds. The first-order chi connectivity index (χ1) is 14.8. The number of anilines is 3. The summed E-state index contributed by atoms with van der Waals surface area (Å²) in [7, 11) is 0. The van der Waals surface area contributed by atoms with Crippen molar-refractivity contribution in [3.05, 3.63) is 48.3 Å². The van der Waals surface area contributed by atoms with Crippen molar-refractivity contribution in [2.24, 2.45) is 5.92 Å². The summed E-state index contributed by atoms with van der Waals surface area (Å²) in [6, 6.07) is 3.27. The largest absolute Gasteiger partial charge is 0.387 e. The monoisotopic (exact) mass is 429 g/mol. The Balaban J connectivity index is 1.53. The second-order valence-corrected chi connectivity index (χ2v) is 7.36. The van der Waals surface area contributed by atoms with Gasteiger partial charge in [0, 0.05) is 24.9 Å². The Morgan fingerprint density at radius 3 is 2.77 bits per heavy atom. The Bertz CT molecular complexity index is 1120. The first kappa shape index (κ1) is 20.8. The number of aromatic nitrogens is 5. The lowest BCUT2D eigenvalue weighted by Crippen LogP contribution is -2.18. The minimum absolute atomic E-state index is 0.119. The van der Waals surface area contributed by atoms with Gasteiger partial charge in [-0.1, -0.05) is 6.92 Å². The number of aryl methyl sites for hydroxylation is 1. The Kier molecular flexibility index (Phi) is 5.36. The standard InChI is InChI=1S/C20H21F2N7O2/c1-3-15(30)13-6-11(2)14(9-24-13)27-19-23-4-5-29(19)17-7-16(25-10-26-17)28-18(31)12-8-20(12,21)22/h4-7,9-10,12,15,30H,3,8H2,1-2H3,(H,23,27)(H,25,26,28,31)/t12-,15+/m1/s1. The number of nitrogens with one attached hydrogen (secondary N) is 2. The molecule has 3 N–H and O–H groups in total. The third kappa shape index (κ3) is 4.36. The van der Waals surface area contributed by atoms with E-state index >= 15 is 0 Å². The van der Waals surface area contributed by atoms with Crippen LogP contribution in [0.5, 0.6) is 0 Å². The number of carbonyl (C=O) groups excluding carboxylic acids is 1. The zero-order valence-electron chi connectivity index (χ0n) is 16.9. The smallest absolute Gasteiger partial charge is 0.260 e. The average molecular weight is 429 g/mol. The van der Waals surface area contributed by atoms with E-state index in [2.05, 4.69) is 30.6 Å². The summed E-state index contributed by atoms with van der Waals surface area (Å²) < 4.78 is 27.8. The predicted molar refractivity (Wildman–Crippen MR) is 108 cm³/mol. The quantitative estimate of drug-likeness (QED) is 0.528. The second kappa shape index (κ2) is 7.99. The van der Waals surface area contributed by atoms with Gasteiger partial charge in [-0.15, -0.1) is 0 Å². The van der Waals surface area contributed by atoms with Crippen molar-refractivity contribution in [2.45, 2.75) is 38.7 Å². The highest BCUT2D eigenvalue weighted by molar-refractivity contribution is 5.94. The molecule has 162 valence electrons. The first-order valence-corrected chi connectivity index (χ1v) is 9.74. The molecule has 0 spiro atoms. The molecule has 0 aliphatic heterocycles. The van der Waals surface area contributed by atoms with Gasteiger partial charge >= 0.3 is 0 Å². The number of aliphatic hydroxyl groups is 1. The second-order valence-electron chi connectivity index (χ2n) is 7.36. The fourth-order valence-corrected chi connectivity index (χ4v) is 3.06. The van der Waals surface area contributed by atoms with Crippen LogP contribution < -0.4 is 10.6 Å². The van der Waals surface area contributed by atoms with Gasteiger partial charge in [0.25, 0.3) is 5.92 Å². The summed E-state index contributed by atoms with van der Waals surface area (Å²) in [4.78, 5) is 28.6. The molecule has 9 nitrogen and oxygen atoms in total. The van der Waals surface area contributed by atoms with Gasteiger partial charge < -0.3 is 15.7 Å². The Morgan fingerprint density at radius 2 is 2.10 bits per heavy atom. The normalized spacial score (nSPS) is 17.8. The highest BCUT2D eigenvalue weighted by Crippen LogP contribution is 2.49. The zero-order valence-corrected chi connectivity index (χ0v) is 16.9. The van der Waals surface area contributed by atoms with Crippen LogP contribution in [0.2, 0.25) is 0 Å². The van der Waals surface area contributed by atoms with Gasteiger partial charge in [0.15, 0.2) is 0 Å². The van der Waals surface area contributed by atoms with Gasteiger partial charge in [0.2, 0.25) is 11.9 Å². The predicted octanol–water partition coefficient (Wildman–Crippen LogP) is 3.15. The lowest BCUT2D eigenvalue weighted by atomic mass is 10.1. The van der Waals surface area contributed by atoms with Crippen LogP contribution in [0.25, 0.3) is 5.82 Å². The average Bonchev–Trinajstić information content (AvgIpc) is 3.16. The third-order valence-corrected chi connectivity index (χ3v) is 5.04. The van der Waals surface area contributed by atoms with Crippen LogP contribution in [0.1, 0.15) is 37.1 Å². The third-order valence-electron chi connectivity index (χ3n) is 5.04. The molecule has 2 atom stereocenters. The summed E-state index contributed by atoms with van der Waals surface area (Å²) in [6.45, 7) is 3.76. The number of nitrogens with zero attached hydrogens (tertiary/aromatic N) is 5. The van der Waals surface area contributed by atoms with Crippen LogP contribution in [0.15, 0.2) is 37.1 Å². The molecule has 4 rings (SSSR count). The molecule has 0 aromatic carbocycles. The molecule has 0 saturated heterocycles. The summed E-state index contributed by atoms with van der Waals surface area (Å²) >= 11 is 0. The van der Waals surface area contributed by atoms with Crippen LogP contribution in [-0.4, -0.2) is 41.4 Å². The van der Waals surface area contributed by atoms with Crippen LogP contribution >= 0.6 is 0 Å². The van der Waals surface area contributed by atoms with Crippen LogP contribution in [0.3, 0.4) is 0 Å². The van der Waals surface area contributed by atoms with E-state index in [4.69, 9.17) is 0 Å². The molecule has 0 unspecified atom stereocenters. The number of rotatable bonds is 7. The minimum Gasteiger partial charge on any atom is -0.387 e.